The molecule has 0 fully saturated rings. The summed E-state index contributed by atoms with van der Waals surface area (Å²) in [6.45, 7) is 0.378. The van der Waals surface area contributed by atoms with Crippen LogP contribution in [-0.4, -0.2) is 15.0 Å². The fraction of sp³-hybridized carbons (Fsp3) is 0.238. The van der Waals surface area contributed by atoms with Crippen LogP contribution < -0.4 is 4.74 Å². The highest BCUT2D eigenvalue weighted by molar-refractivity contribution is 5.85. The van der Waals surface area contributed by atoms with Gasteiger partial charge in [0.15, 0.2) is 0 Å². The van der Waals surface area contributed by atoms with Gasteiger partial charge in [0.2, 0.25) is 5.88 Å². The third-order valence-corrected chi connectivity index (χ3v) is 4.55. The number of pyridine rings is 3. The predicted molar refractivity (Wildman–Crippen MR) is 105 cm³/mol. The molecule has 0 aromatic carbocycles. The zero-order valence-corrected chi connectivity index (χ0v) is 15.6. The SMILES string of the molecule is Cl.N#Cc1cncc(-c2cc(OCc3ccccn3)nc3c2CCCC3)c1. The highest BCUT2D eigenvalue weighted by Gasteiger charge is 2.18. The molecule has 3 aromatic heterocycles. The van der Waals surface area contributed by atoms with Gasteiger partial charge < -0.3 is 4.74 Å². The molecule has 3 heterocycles. The van der Waals surface area contributed by atoms with Crippen molar-refractivity contribution in [2.24, 2.45) is 0 Å². The Labute approximate surface area is 164 Å². The van der Waals surface area contributed by atoms with Gasteiger partial charge in [-0.1, -0.05) is 6.07 Å². The summed E-state index contributed by atoms with van der Waals surface area (Å²) in [5, 5.41) is 9.18. The lowest BCUT2D eigenvalue weighted by Gasteiger charge is -2.20. The van der Waals surface area contributed by atoms with Crippen molar-refractivity contribution in [1.82, 2.24) is 15.0 Å². The Kier molecular flexibility index (Phi) is 6.00. The third-order valence-electron chi connectivity index (χ3n) is 4.55. The van der Waals surface area contributed by atoms with Gasteiger partial charge in [-0.2, -0.15) is 5.26 Å². The van der Waals surface area contributed by atoms with E-state index in [-0.39, 0.29) is 12.4 Å². The van der Waals surface area contributed by atoms with Crippen LogP contribution in [0, 0.1) is 11.3 Å². The Morgan fingerprint density at radius 3 is 2.81 bits per heavy atom. The largest absolute Gasteiger partial charge is 0.471 e. The fourth-order valence-corrected chi connectivity index (χ4v) is 3.29. The molecule has 0 unspecified atom stereocenters. The highest BCUT2D eigenvalue weighted by atomic mass is 35.5. The van der Waals surface area contributed by atoms with E-state index < -0.39 is 0 Å². The van der Waals surface area contributed by atoms with Gasteiger partial charge in [-0.15, -0.1) is 12.4 Å². The monoisotopic (exact) mass is 378 g/mol. The molecule has 0 amide bonds. The highest BCUT2D eigenvalue weighted by Crippen LogP contribution is 2.33. The van der Waals surface area contributed by atoms with E-state index in [1.807, 2.05) is 30.3 Å². The maximum Gasteiger partial charge on any atom is 0.214 e. The van der Waals surface area contributed by atoms with Crippen molar-refractivity contribution < 1.29 is 4.74 Å². The summed E-state index contributed by atoms with van der Waals surface area (Å²) < 4.78 is 5.92. The molecule has 0 bridgehead atoms. The summed E-state index contributed by atoms with van der Waals surface area (Å²) in [5.74, 6) is 0.591. The van der Waals surface area contributed by atoms with Gasteiger partial charge in [-0.05, 0) is 55.0 Å². The first-order chi connectivity index (χ1) is 12.8. The van der Waals surface area contributed by atoms with Crippen molar-refractivity contribution >= 4 is 12.4 Å². The topological polar surface area (TPSA) is 71.7 Å². The molecule has 4 rings (SSSR count). The van der Waals surface area contributed by atoms with E-state index in [0.29, 0.717) is 18.1 Å². The molecule has 0 saturated carbocycles. The maximum absolute atomic E-state index is 9.18. The predicted octanol–water partition coefficient (Wildman–Crippen LogP) is 4.29. The first-order valence-corrected chi connectivity index (χ1v) is 8.74. The second-order valence-electron chi connectivity index (χ2n) is 6.32. The second kappa shape index (κ2) is 8.61. The van der Waals surface area contributed by atoms with E-state index in [0.717, 1.165) is 48.2 Å². The molecule has 0 radical (unpaired) electrons. The number of nitrogens with zero attached hydrogens (tertiary/aromatic N) is 4. The number of fused-ring (bicyclic) bond motifs is 1. The van der Waals surface area contributed by atoms with Crippen molar-refractivity contribution in [2.45, 2.75) is 32.3 Å². The minimum atomic E-state index is 0. The number of rotatable bonds is 4. The number of aromatic nitrogens is 3. The van der Waals surface area contributed by atoms with Crippen molar-refractivity contribution in [3.05, 3.63) is 71.4 Å². The van der Waals surface area contributed by atoms with E-state index in [9.17, 15) is 5.26 Å². The van der Waals surface area contributed by atoms with Crippen molar-refractivity contribution in [3.8, 4) is 23.1 Å². The van der Waals surface area contributed by atoms with E-state index in [2.05, 4.69) is 16.0 Å². The normalized spacial score (nSPS) is 12.4. The van der Waals surface area contributed by atoms with E-state index >= 15 is 0 Å². The smallest absolute Gasteiger partial charge is 0.214 e. The first-order valence-electron chi connectivity index (χ1n) is 8.74. The molecule has 0 aliphatic heterocycles. The summed E-state index contributed by atoms with van der Waals surface area (Å²) in [6.07, 6.45) is 9.37. The Morgan fingerprint density at radius 1 is 1.11 bits per heavy atom. The van der Waals surface area contributed by atoms with Gasteiger partial charge in [-0.25, -0.2) is 4.98 Å². The Hall–Kier alpha value is -2.97. The van der Waals surface area contributed by atoms with Gasteiger partial charge in [0, 0.05) is 35.9 Å². The molecule has 6 heteroatoms. The molecule has 0 atom stereocenters. The van der Waals surface area contributed by atoms with Gasteiger partial charge in [0.25, 0.3) is 0 Å². The number of halogens is 1. The maximum atomic E-state index is 9.18. The van der Waals surface area contributed by atoms with E-state index in [1.54, 1.807) is 18.6 Å². The van der Waals surface area contributed by atoms with Crippen LogP contribution in [0.3, 0.4) is 0 Å². The average molecular weight is 379 g/mol. The molecular weight excluding hydrogens is 360 g/mol. The van der Waals surface area contributed by atoms with Crippen LogP contribution in [0.1, 0.15) is 35.4 Å². The molecule has 5 nitrogen and oxygen atoms in total. The molecule has 0 N–H and O–H groups in total. The number of hydrogen-bond donors (Lipinski definition) is 0. The molecule has 27 heavy (non-hydrogen) atoms. The Balaban J connectivity index is 0.00000210. The first kappa shape index (κ1) is 18.8. The van der Waals surface area contributed by atoms with Gasteiger partial charge in [-0.3, -0.25) is 9.97 Å². The molecule has 3 aromatic rings. The summed E-state index contributed by atoms with van der Waals surface area (Å²) in [6, 6.07) is 11.8. The van der Waals surface area contributed by atoms with Crippen LogP contribution in [0.4, 0.5) is 0 Å². The number of aryl methyl sites for hydroxylation is 1. The van der Waals surface area contributed by atoms with Crippen LogP contribution in [-0.2, 0) is 19.4 Å². The molecular formula is C21H19ClN4O. The van der Waals surface area contributed by atoms with Gasteiger partial charge >= 0.3 is 0 Å². The van der Waals surface area contributed by atoms with Crippen molar-refractivity contribution in [3.63, 3.8) is 0 Å². The molecule has 1 aliphatic carbocycles. The van der Waals surface area contributed by atoms with Crippen molar-refractivity contribution in [2.75, 3.05) is 0 Å². The lowest BCUT2D eigenvalue weighted by atomic mass is 9.89. The van der Waals surface area contributed by atoms with Crippen LogP contribution in [0.5, 0.6) is 5.88 Å². The minimum Gasteiger partial charge on any atom is -0.471 e. The van der Waals surface area contributed by atoms with Crippen LogP contribution in [0.25, 0.3) is 11.1 Å². The number of nitriles is 1. The number of hydrogen-bond acceptors (Lipinski definition) is 5. The third kappa shape index (κ3) is 4.24. The van der Waals surface area contributed by atoms with Crippen LogP contribution in [0.15, 0.2) is 48.9 Å². The summed E-state index contributed by atoms with van der Waals surface area (Å²) >= 11 is 0. The van der Waals surface area contributed by atoms with E-state index in [4.69, 9.17) is 9.72 Å². The average Bonchev–Trinajstić information content (AvgIpc) is 2.72. The molecule has 0 spiro atoms. The Bertz CT molecular complexity index is 970. The molecule has 0 saturated heterocycles. The second-order valence-corrected chi connectivity index (χ2v) is 6.32. The molecule has 1 aliphatic rings. The van der Waals surface area contributed by atoms with Crippen LogP contribution in [0.2, 0.25) is 0 Å². The quantitative estimate of drug-likeness (QED) is 0.677. The summed E-state index contributed by atoms with van der Waals surface area (Å²) in [5.41, 5.74) is 5.76. The van der Waals surface area contributed by atoms with E-state index in [1.165, 1.54) is 5.56 Å². The summed E-state index contributed by atoms with van der Waals surface area (Å²) in [7, 11) is 0. The zero-order chi connectivity index (χ0) is 17.8. The standard InChI is InChI=1S/C21H18N4O.ClH/c22-11-15-9-16(13-23-12-15)19-10-21(25-20-7-2-1-6-18(19)20)26-14-17-5-3-4-8-24-17;/h3-5,8-10,12-13H,1-2,6-7,14H2;1H. The lowest BCUT2D eigenvalue weighted by Crippen LogP contribution is -2.09. The molecule has 136 valence electrons. The Morgan fingerprint density at radius 2 is 2.00 bits per heavy atom. The van der Waals surface area contributed by atoms with Gasteiger partial charge in [0.1, 0.15) is 12.7 Å². The summed E-state index contributed by atoms with van der Waals surface area (Å²) in [4.78, 5) is 13.2. The van der Waals surface area contributed by atoms with Crippen molar-refractivity contribution in [1.29, 1.82) is 5.26 Å². The zero-order valence-electron chi connectivity index (χ0n) is 14.8. The minimum absolute atomic E-state index is 0. The van der Waals surface area contributed by atoms with Crippen LogP contribution >= 0.6 is 12.4 Å². The number of ether oxygens (including phenoxy) is 1. The van der Waals surface area contributed by atoms with Gasteiger partial charge in [0.05, 0.1) is 11.3 Å². The fourth-order valence-electron chi connectivity index (χ4n) is 3.29. The lowest BCUT2D eigenvalue weighted by molar-refractivity contribution is 0.288.